The van der Waals surface area contributed by atoms with Gasteiger partial charge >= 0.3 is 0 Å². The van der Waals surface area contributed by atoms with Crippen molar-refractivity contribution in [1.82, 2.24) is 19.7 Å². The Morgan fingerprint density at radius 2 is 1.88 bits per heavy atom. The number of benzene rings is 2. The van der Waals surface area contributed by atoms with Gasteiger partial charge < -0.3 is 14.2 Å². The fourth-order valence-electron chi connectivity index (χ4n) is 3.44. The van der Waals surface area contributed by atoms with Gasteiger partial charge in [0.2, 0.25) is 0 Å². The maximum Gasteiger partial charge on any atom is 0.192 e. The van der Waals surface area contributed by atoms with Gasteiger partial charge in [-0.25, -0.2) is 4.98 Å². The molecule has 4 rings (SSSR count). The van der Waals surface area contributed by atoms with Crippen molar-refractivity contribution in [2.75, 3.05) is 20.8 Å². The number of nitrogens with zero attached hydrogens (tertiary/aromatic N) is 4. The molecule has 4 aromatic rings. The summed E-state index contributed by atoms with van der Waals surface area (Å²) in [5.41, 5.74) is 2.87. The molecule has 0 radical (unpaired) electrons. The normalized spacial score (nSPS) is 10.8. The summed E-state index contributed by atoms with van der Waals surface area (Å²) < 4.78 is 18.6. The molecule has 0 unspecified atom stereocenters. The van der Waals surface area contributed by atoms with Crippen molar-refractivity contribution < 1.29 is 14.2 Å². The van der Waals surface area contributed by atoms with E-state index in [2.05, 4.69) is 22.2 Å². The second kappa shape index (κ2) is 11.2. The van der Waals surface area contributed by atoms with Gasteiger partial charge in [0.15, 0.2) is 22.5 Å². The molecule has 0 saturated carbocycles. The third-order valence-electron chi connectivity index (χ3n) is 4.99. The summed E-state index contributed by atoms with van der Waals surface area (Å²) in [5.74, 6) is 3.61. The maximum absolute atomic E-state index is 5.62. The molecule has 34 heavy (non-hydrogen) atoms. The minimum atomic E-state index is 0.587. The molecule has 176 valence electrons. The van der Waals surface area contributed by atoms with Crippen molar-refractivity contribution in [3.8, 4) is 39.2 Å². The topological polar surface area (TPSA) is 71.3 Å². The van der Waals surface area contributed by atoms with Crippen molar-refractivity contribution in [3.05, 3.63) is 66.2 Å². The zero-order valence-electron chi connectivity index (χ0n) is 19.4. The minimum Gasteiger partial charge on any atom is -0.496 e. The molecule has 0 fully saturated rings. The third kappa shape index (κ3) is 5.10. The number of methoxy groups -OCH3 is 2. The van der Waals surface area contributed by atoms with Gasteiger partial charge in [0.25, 0.3) is 0 Å². The van der Waals surface area contributed by atoms with E-state index in [9.17, 15) is 0 Å². The van der Waals surface area contributed by atoms with Crippen LogP contribution in [0.2, 0.25) is 0 Å². The number of thiazole rings is 1. The molecule has 0 bridgehead atoms. The van der Waals surface area contributed by atoms with Crippen molar-refractivity contribution in [2.24, 2.45) is 0 Å². The highest BCUT2D eigenvalue weighted by molar-refractivity contribution is 7.98. The predicted molar refractivity (Wildman–Crippen MR) is 137 cm³/mol. The van der Waals surface area contributed by atoms with Crippen LogP contribution in [0.4, 0.5) is 0 Å². The highest BCUT2D eigenvalue weighted by Crippen LogP contribution is 2.35. The Morgan fingerprint density at radius 1 is 1.06 bits per heavy atom. The molecular formula is C25H26N4O3S2. The molecule has 0 atom stereocenters. The van der Waals surface area contributed by atoms with E-state index in [1.807, 2.05) is 60.0 Å². The summed E-state index contributed by atoms with van der Waals surface area (Å²) in [7, 11) is 3.30. The Hall–Kier alpha value is -3.30. The lowest BCUT2D eigenvalue weighted by molar-refractivity contribution is 0.311. The van der Waals surface area contributed by atoms with Crippen LogP contribution in [-0.2, 0) is 12.3 Å². The summed E-state index contributed by atoms with van der Waals surface area (Å²) in [5, 5.41) is 12.7. The minimum absolute atomic E-state index is 0.587. The van der Waals surface area contributed by atoms with Gasteiger partial charge in [-0.15, -0.1) is 28.1 Å². The molecule has 2 heterocycles. The van der Waals surface area contributed by atoms with Crippen LogP contribution < -0.4 is 14.2 Å². The van der Waals surface area contributed by atoms with Gasteiger partial charge in [0.1, 0.15) is 10.8 Å². The van der Waals surface area contributed by atoms with Gasteiger partial charge in [0.05, 0.1) is 32.1 Å². The van der Waals surface area contributed by atoms with Gasteiger partial charge in [-0.1, -0.05) is 30.0 Å². The summed E-state index contributed by atoms with van der Waals surface area (Å²) in [6.45, 7) is 7.03. The molecule has 0 aliphatic rings. The van der Waals surface area contributed by atoms with E-state index >= 15 is 0 Å². The molecule has 2 aromatic carbocycles. The molecule has 0 saturated heterocycles. The number of allylic oxidation sites excluding steroid dienone is 1. The number of thioether (sulfide) groups is 1. The zero-order chi connectivity index (χ0) is 23.9. The Balaban J connectivity index is 1.53. The van der Waals surface area contributed by atoms with E-state index < -0.39 is 0 Å². The largest absolute Gasteiger partial charge is 0.496 e. The number of aromatic nitrogens is 4. The average molecular weight is 495 g/mol. The first-order valence-electron chi connectivity index (χ1n) is 10.7. The van der Waals surface area contributed by atoms with Crippen molar-refractivity contribution in [3.63, 3.8) is 0 Å². The molecule has 0 amide bonds. The summed E-state index contributed by atoms with van der Waals surface area (Å²) in [4.78, 5) is 4.82. The lowest BCUT2D eigenvalue weighted by Gasteiger charge is -2.10. The maximum atomic E-state index is 5.62. The van der Waals surface area contributed by atoms with Gasteiger partial charge in [-0.2, -0.15) is 0 Å². The molecule has 7 nitrogen and oxygen atoms in total. The molecule has 0 N–H and O–H groups in total. The van der Waals surface area contributed by atoms with Crippen molar-refractivity contribution in [2.45, 2.75) is 24.4 Å². The number of para-hydroxylation sites is 1. The quantitative estimate of drug-likeness (QED) is 0.188. The molecule has 0 aliphatic heterocycles. The highest BCUT2D eigenvalue weighted by atomic mass is 32.2. The van der Waals surface area contributed by atoms with Crippen LogP contribution in [0.3, 0.4) is 0 Å². The van der Waals surface area contributed by atoms with E-state index in [4.69, 9.17) is 19.2 Å². The van der Waals surface area contributed by atoms with Crippen LogP contribution in [0.5, 0.6) is 17.2 Å². The fourth-order valence-corrected chi connectivity index (χ4v) is 5.20. The average Bonchev–Trinajstić information content (AvgIpc) is 3.50. The van der Waals surface area contributed by atoms with Crippen LogP contribution in [0.15, 0.2) is 65.7 Å². The Kier molecular flexibility index (Phi) is 7.87. The molecule has 9 heteroatoms. The SMILES string of the molecule is C=CCn1c(SCc2csc(-c3ccc(OCC)c(OC)c3)n2)nnc1-c1ccccc1OC. The van der Waals surface area contributed by atoms with Crippen LogP contribution >= 0.6 is 23.1 Å². The third-order valence-corrected chi connectivity index (χ3v) is 6.93. The monoisotopic (exact) mass is 494 g/mol. The van der Waals surface area contributed by atoms with E-state index in [1.165, 1.54) is 0 Å². The molecular weight excluding hydrogens is 468 g/mol. The summed E-state index contributed by atoms with van der Waals surface area (Å²) in [6, 6.07) is 13.7. The second-order valence-corrected chi connectivity index (χ2v) is 8.94. The van der Waals surface area contributed by atoms with Gasteiger partial charge in [-0.05, 0) is 37.3 Å². The second-order valence-electron chi connectivity index (χ2n) is 7.14. The van der Waals surface area contributed by atoms with Crippen molar-refractivity contribution >= 4 is 23.1 Å². The number of rotatable bonds is 11. The first kappa shape index (κ1) is 23.8. The zero-order valence-corrected chi connectivity index (χ0v) is 21.0. The lowest BCUT2D eigenvalue weighted by Crippen LogP contribution is -2.01. The van der Waals surface area contributed by atoms with Crippen LogP contribution in [0.25, 0.3) is 22.0 Å². The standard InChI is InChI=1S/C25H26N4O3S2/c1-5-13-29-23(19-9-7-8-10-20(19)30-3)27-28-25(29)34-16-18-15-33-24(26-18)17-11-12-21(32-6-2)22(14-17)31-4/h5,7-12,14-15H,1,6,13,16H2,2-4H3. The van der Waals surface area contributed by atoms with Gasteiger partial charge in [-0.3, -0.25) is 4.57 Å². The number of hydrogen-bond acceptors (Lipinski definition) is 8. The number of ether oxygens (including phenoxy) is 3. The molecule has 0 spiro atoms. The van der Waals surface area contributed by atoms with Crippen LogP contribution in [0, 0.1) is 0 Å². The van der Waals surface area contributed by atoms with Gasteiger partial charge in [0, 0.05) is 23.2 Å². The summed E-state index contributed by atoms with van der Waals surface area (Å²) in [6.07, 6.45) is 1.84. The summed E-state index contributed by atoms with van der Waals surface area (Å²) >= 11 is 3.20. The fraction of sp³-hybridized carbons (Fsp3) is 0.240. The first-order valence-corrected chi connectivity index (χ1v) is 12.6. The van der Waals surface area contributed by atoms with E-state index in [-0.39, 0.29) is 0 Å². The first-order chi connectivity index (χ1) is 16.7. The number of hydrogen-bond donors (Lipinski definition) is 0. The Bertz CT molecular complexity index is 1270. The van der Waals surface area contributed by atoms with E-state index in [0.717, 1.165) is 44.3 Å². The molecule has 2 aromatic heterocycles. The van der Waals surface area contributed by atoms with Crippen LogP contribution in [0.1, 0.15) is 12.6 Å². The van der Waals surface area contributed by atoms with Crippen molar-refractivity contribution in [1.29, 1.82) is 0 Å². The van der Waals surface area contributed by atoms with Crippen LogP contribution in [-0.4, -0.2) is 40.6 Å². The highest BCUT2D eigenvalue weighted by Gasteiger charge is 2.17. The molecule has 0 aliphatic carbocycles. The van der Waals surface area contributed by atoms with E-state index in [0.29, 0.717) is 24.7 Å². The lowest BCUT2D eigenvalue weighted by atomic mass is 10.2. The smallest absolute Gasteiger partial charge is 0.192 e. The Labute approximate surface area is 207 Å². The van der Waals surface area contributed by atoms with E-state index in [1.54, 1.807) is 37.3 Å². The predicted octanol–water partition coefficient (Wildman–Crippen LogP) is 5.96. The Morgan fingerprint density at radius 3 is 2.65 bits per heavy atom.